The zero-order valence-corrected chi connectivity index (χ0v) is 11.6. The van der Waals surface area contributed by atoms with Gasteiger partial charge in [-0.15, -0.1) is 0 Å². The normalized spacial score (nSPS) is 10.4. The molecule has 0 atom stereocenters. The van der Waals surface area contributed by atoms with Crippen LogP contribution in [0.2, 0.25) is 0 Å². The SMILES string of the molecule is Cc1cc(F)ccc1CCNC(=O)c1c(O)cccc1O. The Balaban J connectivity index is 1.99. The van der Waals surface area contributed by atoms with Gasteiger partial charge in [-0.05, 0) is 48.7 Å². The van der Waals surface area contributed by atoms with Crippen molar-refractivity contribution in [1.82, 2.24) is 5.32 Å². The molecule has 21 heavy (non-hydrogen) atoms. The third-order valence-electron chi connectivity index (χ3n) is 3.23. The standard InChI is InChI=1S/C16H16FNO3/c1-10-9-12(17)6-5-11(10)7-8-18-16(21)15-13(19)3-2-4-14(15)20/h2-6,9,19-20H,7-8H2,1H3,(H,18,21). The molecule has 0 heterocycles. The molecule has 2 aromatic carbocycles. The number of carbonyl (C=O) groups is 1. The number of carbonyl (C=O) groups excluding carboxylic acids is 1. The lowest BCUT2D eigenvalue weighted by Crippen LogP contribution is -2.26. The summed E-state index contributed by atoms with van der Waals surface area (Å²) in [6.07, 6.45) is 0.534. The zero-order valence-electron chi connectivity index (χ0n) is 11.6. The van der Waals surface area contributed by atoms with Crippen LogP contribution >= 0.6 is 0 Å². The van der Waals surface area contributed by atoms with E-state index in [9.17, 15) is 19.4 Å². The van der Waals surface area contributed by atoms with Gasteiger partial charge in [0.05, 0.1) is 0 Å². The second kappa shape index (κ2) is 6.26. The number of hydrogen-bond acceptors (Lipinski definition) is 3. The molecular formula is C16H16FNO3. The van der Waals surface area contributed by atoms with Crippen molar-refractivity contribution < 1.29 is 19.4 Å². The van der Waals surface area contributed by atoms with Gasteiger partial charge in [-0.2, -0.15) is 0 Å². The fourth-order valence-corrected chi connectivity index (χ4v) is 2.10. The van der Waals surface area contributed by atoms with E-state index in [0.29, 0.717) is 13.0 Å². The van der Waals surface area contributed by atoms with E-state index < -0.39 is 5.91 Å². The van der Waals surface area contributed by atoms with Gasteiger partial charge in [-0.25, -0.2) is 4.39 Å². The van der Waals surface area contributed by atoms with Crippen molar-refractivity contribution in [2.45, 2.75) is 13.3 Å². The highest BCUT2D eigenvalue weighted by atomic mass is 19.1. The Kier molecular flexibility index (Phi) is 4.42. The molecular weight excluding hydrogens is 273 g/mol. The summed E-state index contributed by atoms with van der Waals surface area (Å²) >= 11 is 0. The Hall–Kier alpha value is -2.56. The van der Waals surface area contributed by atoms with Gasteiger partial charge in [0.15, 0.2) is 0 Å². The number of rotatable bonds is 4. The van der Waals surface area contributed by atoms with Crippen molar-refractivity contribution in [2.75, 3.05) is 6.54 Å². The fraction of sp³-hybridized carbons (Fsp3) is 0.188. The molecule has 0 fully saturated rings. The molecule has 110 valence electrons. The number of amides is 1. The molecule has 4 nitrogen and oxygen atoms in total. The first-order chi connectivity index (χ1) is 9.99. The Morgan fingerprint density at radius 2 is 1.86 bits per heavy atom. The number of nitrogens with one attached hydrogen (secondary N) is 1. The largest absolute Gasteiger partial charge is 0.507 e. The van der Waals surface area contributed by atoms with E-state index in [2.05, 4.69) is 5.32 Å². The third-order valence-corrected chi connectivity index (χ3v) is 3.23. The van der Waals surface area contributed by atoms with Crippen LogP contribution in [0.1, 0.15) is 21.5 Å². The van der Waals surface area contributed by atoms with E-state index in [4.69, 9.17) is 0 Å². The first-order valence-electron chi connectivity index (χ1n) is 6.53. The van der Waals surface area contributed by atoms with E-state index >= 15 is 0 Å². The summed E-state index contributed by atoms with van der Waals surface area (Å²) in [6, 6.07) is 8.60. The quantitative estimate of drug-likeness (QED) is 0.810. The lowest BCUT2D eigenvalue weighted by Gasteiger charge is -2.09. The highest BCUT2D eigenvalue weighted by molar-refractivity contribution is 5.99. The molecule has 0 spiro atoms. The van der Waals surface area contributed by atoms with Crippen molar-refractivity contribution in [2.24, 2.45) is 0 Å². The predicted molar refractivity (Wildman–Crippen MR) is 76.9 cm³/mol. The molecule has 0 saturated carbocycles. The van der Waals surface area contributed by atoms with Crippen LogP contribution in [-0.4, -0.2) is 22.7 Å². The maximum atomic E-state index is 13.0. The van der Waals surface area contributed by atoms with Crippen molar-refractivity contribution in [3.05, 3.63) is 58.9 Å². The van der Waals surface area contributed by atoms with Crippen molar-refractivity contribution in [1.29, 1.82) is 0 Å². The van der Waals surface area contributed by atoms with Crippen molar-refractivity contribution >= 4 is 5.91 Å². The number of aryl methyl sites for hydroxylation is 1. The summed E-state index contributed by atoms with van der Waals surface area (Å²) < 4.78 is 13.0. The fourth-order valence-electron chi connectivity index (χ4n) is 2.10. The minimum Gasteiger partial charge on any atom is -0.507 e. The molecule has 5 heteroatoms. The molecule has 2 aromatic rings. The summed E-state index contributed by atoms with van der Waals surface area (Å²) in [5.74, 6) is -1.39. The predicted octanol–water partition coefficient (Wildman–Crippen LogP) is 2.52. The Morgan fingerprint density at radius 3 is 2.48 bits per heavy atom. The van der Waals surface area contributed by atoms with E-state index in [0.717, 1.165) is 11.1 Å². The zero-order chi connectivity index (χ0) is 15.4. The van der Waals surface area contributed by atoms with Crippen LogP contribution in [0.4, 0.5) is 4.39 Å². The maximum Gasteiger partial charge on any atom is 0.258 e. The highest BCUT2D eigenvalue weighted by Crippen LogP contribution is 2.25. The second-order valence-corrected chi connectivity index (χ2v) is 4.75. The summed E-state index contributed by atoms with van der Waals surface area (Å²) in [6.45, 7) is 2.12. The Bertz CT molecular complexity index is 650. The molecule has 0 aliphatic heterocycles. The van der Waals surface area contributed by atoms with E-state index in [1.165, 1.54) is 30.3 Å². The van der Waals surface area contributed by atoms with E-state index in [1.54, 1.807) is 13.0 Å². The van der Waals surface area contributed by atoms with Crippen LogP contribution in [0.3, 0.4) is 0 Å². The minimum atomic E-state index is -0.551. The molecule has 0 bridgehead atoms. The summed E-state index contributed by atoms with van der Waals surface area (Å²) in [5, 5.41) is 21.8. The maximum absolute atomic E-state index is 13.0. The lowest BCUT2D eigenvalue weighted by molar-refractivity contribution is 0.0948. The molecule has 1 amide bonds. The van der Waals surface area contributed by atoms with Gasteiger partial charge in [0.25, 0.3) is 5.91 Å². The molecule has 0 unspecified atom stereocenters. The van der Waals surface area contributed by atoms with E-state index in [1.807, 2.05) is 0 Å². The van der Waals surface area contributed by atoms with Crippen molar-refractivity contribution in [3.8, 4) is 11.5 Å². The van der Waals surface area contributed by atoms with Gasteiger partial charge in [0, 0.05) is 6.54 Å². The Labute approximate surface area is 121 Å². The summed E-state index contributed by atoms with van der Waals surface area (Å²) in [4.78, 5) is 11.9. The number of aromatic hydroxyl groups is 2. The van der Waals surface area contributed by atoms with Crippen LogP contribution in [-0.2, 0) is 6.42 Å². The topological polar surface area (TPSA) is 69.6 Å². The smallest absolute Gasteiger partial charge is 0.258 e. The van der Waals surface area contributed by atoms with Crippen LogP contribution in [0.25, 0.3) is 0 Å². The van der Waals surface area contributed by atoms with Crippen molar-refractivity contribution in [3.63, 3.8) is 0 Å². The van der Waals surface area contributed by atoms with Gasteiger partial charge < -0.3 is 15.5 Å². The van der Waals surface area contributed by atoms with Crippen LogP contribution in [0.5, 0.6) is 11.5 Å². The van der Waals surface area contributed by atoms with Crippen LogP contribution in [0.15, 0.2) is 36.4 Å². The number of benzene rings is 2. The number of phenols is 2. The van der Waals surface area contributed by atoms with Gasteiger partial charge in [0.1, 0.15) is 22.9 Å². The number of phenolic OH excluding ortho intramolecular Hbond substituents is 2. The molecule has 0 radical (unpaired) electrons. The minimum absolute atomic E-state index is 0.145. The average molecular weight is 289 g/mol. The molecule has 0 aromatic heterocycles. The summed E-state index contributed by atoms with van der Waals surface area (Å²) in [5.41, 5.74) is 1.60. The number of halogens is 1. The third kappa shape index (κ3) is 3.51. The first-order valence-corrected chi connectivity index (χ1v) is 6.53. The highest BCUT2D eigenvalue weighted by Gasteiger charge is 2.15. The molecule has 0 aliphatic carbocycles. The van der Waals surface area contributed by atoms with E-state index in [-0.39, 0.29) is 22.9 Å². The van der Waals surface area contributed by atoms with Crippen LogP contribution in [0, 0.1) is 12.7 Å². The molecule has 0 saturated heterocycles. The molecule has 3 N–H and O–H groups in total. The monoisotopic (exact) mass is 289 g/mol. The van der Waals surface area contributed by atoms with Gasteiger partial charge in [-0.3, -0.25) is 4.79 Å². The molecule has 2 rings (SSSR count). The second-order valence-electron chi connectivity index (χ2n) is 4.75. The molecule has 0 aliphatic rings. The number of hydrogen-bond donors (Lipinski definition) is 3. The van der Waals surface area contributed by atoms with Crippen LogP contribution < -0.4 is 5.32 Å². The lowest BCUT2D eigenvalue weighted by atomic mass is 10.1. The van der Waals surface area contributed by atoms with Gasteiger partial charge >= 0.3 is 0 Å². The van der Waals surface area contributed by atoms with Gasteiger partial charge in [0.2, 0.25) is 0 Å². The Morgan fingerprint density at radius 1 is 1.19 bits per heavy atom. The summed E-state index contributed by atoms with van der Waals surface area (Å²) in [7, 11) is 0. The first kappa shape index (κ1) is 14.8. The average Bonchev–Trinajstić information content (AvgIpc) is 2.41. The van der Waals surface area contributed by atoms with Gasteiger partial charge in [-0.1, -0.05) is 12.1 Å².